The third-order valence-corrected chi connectivity index (χ3v) is 4.39. The average Bonchev–Trinajstić information content (AvgIpc) is 2.81. The molecule has 2 heterocycles. The zero-order valence-corrected chi connectivity index (χ0v) is 14.5. The van der Waals surface area contributed by atoms with Crippen LogP contribution >= 0.6 is 11.6 Å². The Labute approximate surface area is 149 Å². The maximum absolute atomic E-state index is 12.8. The number of amides is 1. The summed E-state index contributed by atoms with van der Waals surface area (Å²) in [5, 5.41) is 3.00. The Kier molecular flexibility index (Phi) is 4.67. The third kappa shape index (κ3) is 3.07. The van der Waals surface area contributed by atoms with Crippen molar-refractivity contribution < 1.29 is 14.0 Å². The highest BCUT2D eigenvalue weighted by atomic mass is 35.5. The number of aromatic nitrogens is 2. The fourth-order valence-electron chi connectivity index (χ4n) is 2.98. The van der Waals surface area contributed by atoms with Gasteiger partial charge in [-0.2, -0.15) is 4.98 Å². The van der Waals surface area contributed by atoms with E-state index in [1.165, 1.54) is 18.0 Å². The number of carbonyl (C=O) groups is 2. The van der Waals surface area contributed by atoms with Crippen LogP contribution in [0.3, 0.4) is 0 Å². The lowest BCUT2D eigenvalue weighted by Crippen LogP contribution is -2.28. The summed E-state index contributed by atoms with van der Waals surface area (Å²) in [6.45, 7) is 2.67. The number of hydrogen-bond acceptors (Lipinski definition) is 5. The Bertz CT molecular complexity index is 859. The number of nitrogens with one attached hydrogen (secondary N) is 1. The Morgan fingerprint density at radius 1 is 1.44 bits per heavy atom. The third-order valence-electron chi connectivity index (χ3n) is 4.21. The van der Waals surface area contributed by atoms with Gasteiger partial charge in [0.1, 0.15) is 12.5 Å². The largest absolute Gasteiger partial charge is 0.339 e. The second-order valence-corrected chi connectivity index (χ2v) is 6.05. The first-order valence-electron chi connectivity index (χ1n) is 7.74. The second-order valence-electron chi connectivity index (χ2n) is 5.72. The number of fused-ring (bicyclic) bond motifs is 1. The molecule has 1 amide bonds. The first-order valence-corrected chi connectivity index (χ1v) is 8.12. The van der Waals surface area contributed by atoms with Crippen LogP contribution in [0.2, 0.25) is 5.28 Å². The molecular formula is C17H16ClFN4O2. The molecule has 130 valence electrons. The smallest absolute Gasteiger partial charge is 0.256 e. The van der Waals surface area contributed by atoms with E-state index in [-0.39, 0.29) is 40.9 Å². The van der Waals surface area contributed by atoms with Crippen molar-refractivity contribution in [2.24, 2.45) is 0 Å². The first-order chi connectivity index (χ1) is 11.9. The number of ketones is 1. The molecule has 6 nitrogen and oxygen atoms in total. The normalized spacial score (nSPS) is 16.1. The van der Waals surface area contributed by atoms with Gasteiger partial charge >= 0.3 is 0 Å². The van der Waals surface area contributed by atoms with Crippen molar-refractivity contribution in [2.75, 3.05) is 18.5 Å². The van der Waals surface area contributed by atoms with E-state index in [0.717, 1.165) is 5.56 Å². The molecule has 1 atom stereocenters. The molecule has 1 aliphatic rings. The number of benzene rings is 1. The minimum absolute atomic E-state index is 0.0150. The summed E-state index contributed by atoms with van der Waals surface area (Å²) in [6.07, 6.45) is 1.34. The molecule has 0 saturated heterocycles. The van der Waals surface area contributed by atoms with Gasteiger partial charge in [-0.05, 0) is 37.1 Å². The number of hydrogen-bond donors (Lipinski definition) is 1. The predicted octanol–water partition coefficient (Wildman–Crippen LogP) is 3.56. The quantitative estimate of drug-likeness (QED) is 0.650. The lowest BCUT2D eigenvalue weighted by molar-refractivity contribution is 0.0725. The van der Waals surface area contributed by atoms with Crippen molar-refractivity contribution in [3.8, 4) is 0 Å². The summed E-state index contributed by atoms with van der Waals surface area (Å²) in [7, 11) is 0. The number of Topliss-reactive ketones (excluding diaryl/α,β-unsaturated/α-hetero) is 1. The molecule has 0 fully saturated rings. The van der Waals surface area contributed by atoms with Gasteiger partial charge in [-0.1, -0.05) is 12.1 Å². The lowest BCUT2D eigenvalue weighted by Gasteiger charge is -2.20. The molecule has 1 aliphatic heterocycles. The summed E-state index contributed by atoms with van der Waals surface area (Å²) in [6, 6.07) is 5.11. The van der Waals surface area contributed by atoms with E-state index in [0.29, 0.717) is 11.3 Å². The van der Waals surface area contributed by atoms with Crippen LogP contribution in [0.15, 0.2) is 24.4 Å². The molecule has 1 N–H and O–H groups in total. The fraction of sp³-hybridized carbons (Fsp3) is 0.294. The molecule has 1 aromatic carbocycles. The van der Waals surface area contributed by atoms with Gasteiger partial charge in [-0.15, -0.1) is 0 Å². The molecule has 0 spiro atoms. The maximum Gasteiger partial charge on any atom is 0.256 e. The molecule has 0 aliphatic carbocycles. The molecule has 1 aromatic heterocycles. The summed E-state index contributed by atoms with van der Waals surface area (Å²) in [5.41, 5.74) is 2.01. The molecule has 0 radical (unpaired) electrons. The van der Waals surface area contributed by atoms with Crippen molar-refractivity contribution in [3.05, 3.63) is 46.4 Å². The van der Waals surface area contributed by atoms with Crippen molar-refractivity contribution in [2.45, 2.75) is 19.9 Å². The molecule has 0 bridgehead atoms. The van der Waals surface area contributed by atoms with Gasteiger partial charge in [0.2, 0.25) is 5.28 Å². The van der Waals surface area contributed by atoms with Crippen LogP contribution in [0.5, 0.6) is 0 Å². The zero-order valence-electron chi connectivity index (χ0n) is 13.7. The first kappa shape index (κ1) is 17.3. The Hall–Kier alpha value is -2.54. The maximum atomic E-state index is 12.8. The Morgan fingerprint density at radius 2 is 2.20 bits per heavy atom. The van der Waals surface area contributed by atoms with E-state index in [2.05, 4.69) is 15.3 Å². The number of halogens is 2. The van der Waals surface area contributed by atoms with E-state index in [9.17, 15) is 14.0 Å². The predicted molar refractivity (Wildman–Crippen MR) is 92.2 cm³/mol. The molecule has 2 aromatic rings. The van der Waals surface area contributed by atoms with Crippen molar-refractivity contribution >= 4 is 34.8 Å². The summed E-state index contributed by atoms with van der Waals surface area (Å²) >= 11 is 5.83. The van der Waals surface area contributed by atoms with E-state index >= 15 is 0 Å². The number of carbonyl (C=O) groups excluding carboxylic acids is 2. The zero-order chi connectivity index (χ0) is 18.1. The van der Waals surface area contributed by atoms with Gasteiger partial charge in [0.15, 0.2) is 5.78 Å². The van der Waals surface area contributed by atoms with Crippen LogP contribution in [-0.2, 0) is 0 Å². The average molecular weight is 363 g/mol. The van der Waals surface area contributed by atoms with Gasteiger partial charge in [0.25, 0.3) is 5.91 Å². The number of anilines is 2. The molecule has 0 saturated carbocycles. The fourth-order valence-corrected chi connectivity index (χ4v) is 3.11. The van der Waals surface area contributed by atoms with E-state index in [1.54, 1.807) is 12.1 Å². The number of rotatable bonds is 5. The van der Waals surface area contributed by atoms with Gasteiger partial charge < -0.3 is 10.2 Å². The van der Waals surface area contributed by atoms with E-state index in [4.69, 9.17) is 11.6 Å². The van der Waals surface area contributed by atoms with Gasteiger partial charge in [0.05, 0.1) is 22.9 Å². The van der Waals surface area contributed by atoms with Crippen LogP contribution in [0, 0.1) is 0 Å². The molecule has 8 heteroatoms. The highest BCUT2D eigenvalue weighted by Gasteiger charge is 2.35. The molecular weight excluding hydrogens is 347 g/mol. The van der Waals surface area contributed by atoms with Crippen LogP contribution in [-0.4, -0.2) is 39.8 Å². The minimum Gasteiger partial charge on any atom is -0.339 e. The second kappa shape index (κ2) is 6.76. The minimum atomic E-state index is -0.608. The van der Waals surface area contributed by atoms with Crippen molar-refractivity contribution in [1.82, 2.24) is 14.9 Å². The number of nitrogens with zero attached hydrogens (tertiary/aromatic N) is 3. The molecule has 1 unspecified atom stereocenters. The highest BCUT2D eigenvalue weighted by Crippen LogP contribution is 2.38. The summed E-state index contributed by atoms with van der Waals surface area (Å²) in [5.74, 6) is -0.261. The monoisotopic (exact) mass is 362 g/mol. The molecule has 25 heavy (non-hydrogen) atoms. The number of alkyl halides is 1. The molecule has 3 rings (SSSR count). The van der Waals surface area contributed by atoms with E-state index in [1.807, 2.05) is 13.0 Å². The standard InChI is InChI=1S/C17H16ClFN4O2/c1-9-11-4-3-5-13(14(11)16(25)23(9)7-6-19)21-15-12(10(2)24)8-20-17(18)22-15/h3-5,8-9H,6-7H2,1-2H3,(H,20,21,22). The van der Waals surface area contributed by atoms with Crippen molar-refractivity contribution in [3.63, 3.8) is 0 Å². The topological polar surface area (TPSA) is 75.2 Å². The van der Waals surface area contributed by atoms with Gasteiger partial charge in [-0.25, -0.2) is 9.37 Å². The van der Waals surface area contributed by atoms with Crippen LogP contribution in [0.25, 0.3) is 0 Å². The van der Waals surface area contributed by atoms with Gasteiger partial charge in [0, 0.05) is 12.7 Å². The Balaban J connectivity index is 2.04. The summed E-state index contributed by atoms with van der Waals surface area (Å²) in [4.78, 5) is 33.8. The van der Waals surface area contributed by atoms with Crippen LogP contribution < -0.4 is 5.32 Å². The van der Waals surface area contributed by atoms with Crippen LogP contribution in [0.4, 0.5) is 15.9 Å². The summed E-state index contributed by atoms with van der Waals surface area (Å²) < 4.78 is 12.8. The van der Waals surface area contributed by atoms with E-state index < -0.39 is 6.67 Å². The lowest BCUT2D eigenvalue weighted by atomic mass is 10.0. The highest BCUT2D eigenvalue weighted by molar-refractivity contribution is 6.28. The van der Waals surface area contributed by atoms with Gasteiger partial charge in [-0.3, -0.25) is 9.59 Å². The SMILES string of the molecule is CC(=O)c1cnc(Cl)nc1Nc1cccc2c1C(=O)N(CCF)C2C. The van der Waals surface area contributed by atoms with Crippen molar-refractivity contribution in [1.29, 1.82) is 0 Å². The van der Waals surface area contributed by atoms with Crippen LogP contribution in [0.1, 0.15) is 46.2 Å². The Morgan fingerprint density at radius 3 is 2.88 bits per heavy atom.